The Hall–Kier alpha value is -7.71. The summed E-state index contributed by atoms with van der Waals surface area (Å²) in [5.74, 6) is 1.81. The molecule has 0 unspecified atom stereocenters. The molecule has 0 saturated heterocycles. The minimum absolute atomic E-state index is 0.377. The van der Waals surface area contributed by atoms with E-state index in [0.717, 1.165) is 22.3 Å². The van der Waals surface area contributed by atoms with Crippen LogP contribution in [-0.4, -0.2) is 43.0 Å². The van der Waals surface area contributed by atoms with E-state index in [4.69, 9.17) is 14.2 Å². The number of rotatable bonds is 10. The van der Waals surface area contributed by atoms with Gasteiger partial charge in [0.25, 0.3) is 0 Å². The molecule has 3 heterocycles. The predicted octanol–water partition coefficient (Wildman–Crippen LogP) is 12.6. The summed E-state index contributed by atoms with van der Waals surface area (Å²) in [6.45, 7) is -4.73. The molecule has 0 N–H and O–H groups in total. The van der Waals surface area contributed by atoms with Crippen molar-refractivity contribution in [2.45, 2.75) is 0 Å². The number of hydrogen-bond acceptors (Lipinski definition) is 3. The van der Waals surface area contributed by atoms with E-state index >= 15 is 8.63 Å². The molecule has 5 nitrogen and oxygen atoms in total. The van der Waals surface area contributed by atoms with Crippen molar-refractivity contribution >= 4 is 29.4 Å². The average molecular weight is 815 g/mol. The minimum Gasteiger partial charge on any atom is -0.497 e. The number of allylic oxidation sites excluding steroid dienone is 2. The maximum Gasteiger partial charge on any atom is 0.738 e. The first kappa shape index (κ1) is 38.5. The fourth-order valence-electron chi connectivity index (χ4n) is 9.22. The quantitative estimate of drug-likeness (QED) is 0.129. The third-order valence-corrected chi connectivity index (χ3v) is 11.8. The number of ether oxygens (including phenoxy) is 3. The number of methoxy groups -OCH3 is 3. The summed E-state index contributed by atoms with van der Waals surface area (Å²) >= 11 is 0. The van der Waals surface area contributed by atoms with Crippen LogP contribution in [0.1, 0.15) is 27.9 Å². The fourth-order valence-corrected chi connectivity index (χ4v) is 9.22. The van der Waals surface area contributed by atoms with Gasteiger partial charge in [-0.1, -0.05) is 146 Å². The van der Waals surface area contributed by atoms with Crippen molar-refractivity contribution in [1.29, 1.82) is 0 Å². The van der Waals surface area contributed by atoms with Gasteiger partial charge >= 0.3 is 6.97 Å². The Balaban J connectivity index is 1.52. The number of fused-ring (bicyclic) bond motifs is 2. The maximum atomic E-state index is 19.6. The molecule has 0 atom stereocenters. The first-order valence-corrected chi connectivity index (χ1v) is 20.5. The van der Waals surface area contributed by atoms with Crippen molar-refractivity contribution < 1.29 is 27.3 Å². The van der Waals surface area contributed by atoms with Gasteiger partial charge in [0.2, 0.25) is 0 Å². The molecule has 2 aliphatic heterocycles. The van der Waals surface area contributed by atoms with Crippen molar-refractivity contribution in [3.63, 3.8) is 0 Å². The van der Waals surface area contributed by atoms with Gasteiger partial charge in [-0.15, -0.1) is 0 Å². The van der Waals surface area contributed by atoms with Gasteiger partial charge in [0.05, 0.1) is 38.0 Å². The van der Waals surface area contributed by atoms with E-state index in [-0.39, 0.29) is 0 Å². The van der Waals surface area contributed by atoms with Gasteiger partial charge in [-0.3, -0.25) is 0 Å². The standard InChI is InChI=1S/C54H41BF2N2O3/c1-60-43-30-16-27-40(33-43)48-46(36-19-8-4-9-20-36)51(38-23-12-6-13-24-38)58-53(48)50(42-29-18-32-45(35-42)62-3)54-49(41-28-17-31-44(34-41)61-2)47(37-21-10-5-11-22-37)52(59(54)55(58,56)57)39-25-14-7-15-26-39/h4-35H,1-3H3. The second-order valence-corrected chi connectivity index (χ2v) is 15.3. The second kappa shape index (κ2) is 15.7. The van der Waals surface area contributed by atoms with Crippen LogP contribution in [0.25, 0.3) is 50.2 Å². The number of hydrogen-bond donors (Lipinski definition) is 0. The van der Waals surface area contributed by atoms with E-state index in [1.54, 1.807) is 21.3 Å². The molecule has 1 aromatic heterocycles. The number of aromatic nitrogens is 1. The van der Waals surface area contributed by atoms with Crippen LogP contribution in [0.5, 0.6) is 17.2 Å². The summed E-state index contributed by atoms with van der Waals surface area (Å²) in [6.07, 6.45) is 0. The predicted molar refractivity (Wildman–Crippen MR) is 247 cm³/mol. The molecule has 0 radical (unpaired) electrons. The monoisotopic (exact) mass is 814 g/mol. The zero-order valence-electron chi connectivity index (χ0n) is 34.4. The Morgan fingerprint density at radius 2 is 0.790 bits per heavy atom. The summed E-state index contributed by atoms with van der Waals surface area (Å²) in [4.78, 5) is 0. The minimum atomic E-state index is -4.73. The van der Waals surface area contributed by atoms with Gasteiger partial charge in [-0.05, 0) is 81.9 Å². The van der Waals surface area contributed by atoms with Crippen LogP contribution in [0.4, 0.5) is 8.63 Å². The van der Waals surface area contributed by atoms with Crippen LogP contribution in [0.3, 0.4) is 0 Å². The van der Waals surface area contributed by atoms with Crippen LogP contribution in [-0.2, 0) is 0 Å². The maximum absolute atomic E-state index is 19.6. The highest BCUT2D eigenvalue weighted by atomic mass is 19.2. The van der Waals surface area contributed by atoms with Crippen molar-refractivity contribution in [1.82, 2.24) is 4.48 Å². The molecule has 0 amide bonds. The van der Waals surface area contributed by atoms with E-state index < -0.39 is 6.97 Å². The van der Waals surface area contributed by atoms with Crippen molar-refractivity contribution in [3.8, 4) is 50.8 Å². The number of benzene rings is 7. The smallest absolute Gasteiger partial charge is 0.497 e. The topological polar surface area (TPSA) is 35.6 Å². The molecule has 0 saturated carbocycles. The lowest BCUT2D eigenvalue weighted by Gasteiger charge is -2.35. The lowest BCUT2D eigenvalue weighted by molar-refractivity contribution is -0.358. The zero-order valence-corrected chi connectivity index (χ0v) is 34.4. The van der Waals surface area contributed by atoms with E-state index in [2.05, 4.69) is 0 Å². The molecule has 0 bridgehead atoms. The van der Waals surface area contributed by atoms with Gasteiger partial charge in [0.15, 0.2) is 11.4 Å². The fraction of sp³-hybridized carbons (Fsp3) is 0.0556. The van der Waals surface area contributed by atoms with Gasteiger partial charge in [-0.25, -0.2) is 0 Å². The van der Waals surface area contributed by atoms with E-state index in [0.29, 0.717) is 84.6 Å². The molecule has 62 heavy (non-hydrogen) atoms. The largest absolute Gasteiger partial charge is 0.738 e. The van der Waals surface area contributed by atoms with E-state index in [9.17, 15) is 0 Å². The first-order valence-electron chi connectivity index (χ1n) is 20.5. The molecular weight excluding hydrogens is 773 g/mol. The highest BCUT2D eigenvalue weighted by molar-refractivity contribution is 6.61. The lowest BCUT2D eigenvalue weighted by Crippen LogP contribution is -2.52. The summed E-state index contributed by atoms with van der Waals surface area (Å²) in [6, 6.07) is 62.0. The molecule has 2 aliphatic rings. The molecule has 0 fully saturated rings. The normalized spacial score (nSPS) is 14.1. The SMILES string of the molecule is COc1cccc(C2=C(c3ccccc3)C(c3ccccc3)=[N+]3C2=C(c2cccc(OC)c2)c2c(-c4cccc(OC)c4)c(-c4ccccc4)c(-c4ccccc4)n2[B-]3(F)F)c1. The van der Waals surface area contributed by atoms with Crippen molar-refractivity contribution in [2.75, 3.05) is 21.3 Å². The average Bonchev–Trinajstić information content (AvgIpc) is 3.89. The van der Waals surface area contributed by atoms with Crippen molar-refractivity contribution in [2.24, 2.45) is 0 Å². The summed E-state index contributed by atoms with van der Waals surface area (Å²) in [5, 5.41) is 0. The first-order chi connectivity index (χ1) is 30.4. The number of halogens is 2. The Morgan fingerprint density at radius 3 is 1.31 bits per heavy atom. The molecule has 10 rings (SSSR count). The molecule has 302 valence electrons. The summed E-state index contributed by atoms with van der Waals surface area (Å²) in [5.41, 5.74) is 9.92. The van der Waals surface area contributed by atoms with Crippen LogP contribution < -0.4 is 14.2 Å². The van der Waals surface area contributed by atoms with Gasteiger partial charge in [-0.2, -0.15) is 0 Å². The Morgan fingerprint density at radius 1 is 0.387 bits per heavy atom. The van der Waals surface area contributed by atoms with Gasteiger partial charge in [0, 0.05) is 28.1 Å². The summed E-state index contributed by atoms with van der Waals surface area (Å²) < 4.78 is 59.3. The van der Waals surface area contributed by atoms with Crippen LogP contribution in [0.2, 0.25) is 0 Å². The lowest BCUT2D eigenvalue weighted by atomic mass is 9.81. The van der Waals surface area contributed by atoms with Gasteiger partial charge in [0.1, 0.15) is 17.2 Å². The Labute approximate surface area is 359 Å². The third-order valence-electron chi connectivity index (χ3n) is 11.8. The highest BCUT2D eigenvalue weighted by Crippen LogP contribution is 2.57. The molecule has 0 spiro atoms. The van der Waals surface area contributed by atoms with Crippen LogP contribution in [0.15, 0.2) is 200 Å². The number of nitrogens with zero attached hydrogens (tertiary/aromatic N) is 2. The Kier molecular flexibility index (Phi) is 9.76. The molecule has 8 aromatic rings. The van der Waals surface area contributed by atoms with Crippen molar-refractivity contribution in [3.05, 3.63) is 228 Å². The van der Waals surface area contributed by atoms with Crippen LogP contribution >= 0.6 is 0 Å². The van der Waals surface area contributed by atoms with Crippen LogP contribution in [0, 0.1) is 0 Å². The van der Waals surface area contributed by atoms with Gasteiger partial charge < -0.3 is 31.8 Å². The zero-order chi connectivity index (χ0) is 42.4. The second-order valence-electron chi connectivity index (χ2n) is 15.3. The Bertz CT molecular complexity index is 3090. The van der Waals surface area contributed by atoms with E-state index in [1.807, 2.05) is 194 Å². The molecule has 8 heteroatoms. The third kappa shape index (κ3) is 6.26. The molecule has 7 aromatic carbocycles. The highest BCUT2D eigenvalue weighted by Gasteiger charge is 2.60. The molecule has 0 aliphatic carbocycles. The molecular formula is C54H41BF2N2O3. The van der Waals surface area contributed by atoms with E-state index in [1.165, 1.54) is 8.96 Å². The summed E-state index contributed by atoms with van der Waals surface area (Å²) in [7, 11) is 4.87.